The van der Waals surface area contributed by atoms with E-state index < -0.39 is 8.07 Å². The van der Waals surface area contributed by atoms with Crippen LogP contribution >= 0.6 is 15.9 Å². The number of halogens is 1. The third-order valence-corrected chi connectivity index (χ3v) is 11.3. The second kappa shape index (κ2) is 12.0. The van der Waals surface area contributed by atoms with Gasteiger partial charge in [-0.15, -0.1) is 0 Å². The Labute approximate surface area is 251 Å². The smallest absolute Gasteiger partial charge is 0.0776 e. The van der Waals surface area contributed by atoms with Gasteiger partial charge in [0.05, 0.1) is 13.5 Å². The molecule has 4 aromatic carbocycles. The Hall–Kier alpha value is -2.68. The summed E-state index contributed by atoms with van der Waals surface area (Å²) >= 11 is 3.83. The van der Waals surface area contributed by atoms with Crippen molar-refractivity contribution >= 4 is 35.3 Å². The van der Waals surface area contributed by atoms with E-state index in [2.05, 4.69) is 134 Å². The molecule has 0 spiro atoms. The lowest BCUT2D eigenvalue weighted by Gasteiger charge is -2.35. The van der Waals surface area contributed by atoms with E-state index in [1.54, 1.807) is 0 Å². The van der Waals surface area contributed by atoms with Crippen LogP contribution in [-0.4, -0.2) is 8.07 Å². The summed E-state index contributed by atoms with van der Waals surface area (Å²) in [6, 6.07) is 32.8. The molecular weight excluding hydrogens is 564 g/mol. The van der Waals surface area contributed by atoms with Gasteiger partial charge >= 0.3 is 0 Å². The lowest BCUT2D eigenvalue weighted by atomic mass is 9.67. The normalized spacial score (nSPS) is 16.0. The van der Waals surface area contributed by atoms with Gasteiger partial charge in [0.15, 0.2) is 0 Å². The summed E-state index contributed by atoms with van der Waals surface area (Å²) in [5.41, 5.74) is 10.3. The van der Waals surface area contributed by atoms with Crippen LogP contribution in [0, 0.1) is 0 Å². The largest absolute Gasteiger partial charge is 0.0985 e. The number of rotatable bonds is 11. The molecule has 0 aromatic heterocycles. The molecule has 206 valence electrons. The molecule has 4 aromatic rings. The van der Waals surface area contributed by atoms with Crippen LogP contribution in [0.5, 0.6) is 0 Å². The molecule has 0 radical (unpaired) electrons. The molecule has 40 heavy (non-hydrogen) atoms. The molecule has 1 aliphatic rings. The molecule has 0 heterocycles. The first-order valence-electron chi connectivity index (χ1n) is 15.1. The molecule has 0 saturated heterocycles. The maximum absolute atomic E-state index is 4.01. The summed E-state index contributed by atoms with van der Waals surface area (Å²) in [4.78, 5) is 0. The van der Waals surface area contributed by atoms with E-state index in [4.69, 9.17) is 0 Å². The van der Waals surface area contributed by atoms with Gasteiger partial charge in [0, 0.05) is 4.47 Å². The molecule has 0 nitrogen and oxygen atoms in total. The Morgan fingerprint density at radius 1 is 0.700 bits per heavy atom. The standard InChI is InChI=1S/C38H43BrSi/c1-6-8-9-10-11-12-13-29-16-20-31(21-17-29)38(30-18-14-28(7-2)15-19-30)36-26-32(39)22-24-34(36)35-25-23-33(27-37(35)38)40(3,4)5/h7,14-27H,2,6,8-13H2,1,3-5H3. The van der Waals surface area contributed by atoms with E-state index in [0.717, 1.165) is 16.5 Å². The lowest BCUT2D eigenvalue weighted by molar-refractivity contribution is 0.607. The molecule has 5 rings (SSSR count). The SMILES string of the molecule is C=Cc1ccc(C2(c3ccc(CCCCCCCC)cc3)c3cc(Br)ccc3-c3ccc([Si](C)(C)C)cc32)cc1. The van der Waals surface area contributed by atoms with Crippen LogP contribution in [0.3, 0.4) is 0 Å². The van der Waals surface area contributed by atoms with E-state index in [1.165, 1.54) is 82.7 Å². The number of hydrogen-bond donors (Lipinski definition) is 0. The Balaban J connectivity index is 1.66. The van der Waals surface area contributed by atoms with Crippen LogP contribution in [0.1, 0.15) is 78.8 Å². The minimum absolute atomic E-state index is 0.373. The van der Waals surface area contributed by atoms with Crippen molar-refractivity contribution in [3.05, 3.63) is 129 Å². The monoisotopic (exact) mass is 606 g/mol. The first-order chi connectivity index (χ1) is 19.3. The molecule has 1 aliphatic carbocycles. The maximum atomic E-state index is 4.01. The van der Waals surface area contributed by atoms with E-state index in [0.29, 0.717) is 0 Å². The fourth-order valence-corrected chi connectivity index (χ4v) is 7.97. The van der Waals surface area contributed by atoms with Gasteiger partial charge in [0.2, 0.25) is 0 Å². The average Bonchev–Trinajstić information content (AvgIpc) is 3.24. The molecule has 0 amide bonds. The van der Waals surface area contributed by atoms with Crippen molar-refractivity contribution in [2.24, 2.45) is 0 Å². The van der Waals surface area contributed by atoms with Crippen molar-refractivity contribution in [3.8, 4) is 11.1 Å². The Morgan fingerprint density at radius 2 is 1.27 bits per heavy atom. The zero-order valence-corrected chi connectivity index (χ0v) is 27.3. The fraction of sp³-hybridized carbons (Fsp3) is 0.316. The van der Waals surface area contributed by atoms with E-state index >= 15 is 0 Å². The van der Waals surface area contributed by atoms with Crippen molar-refractivity contribution in [2.45, 2.75) is 76.9 Å². The minimum atomic E-state index is -1.53. The number of hydrogen-bond acceptors (Lipinski definition) is 0. The molecule has 0 N–H and O–H groups in total. The van der Waals surface area contributed by atoms with Gasteiger partial charge < -0.3 is 0 Å². The molecular formula is C38H43BrSi. The van der Waals surface area contributed by atoms with Gasteiger partial charge in [-0.2, -0.15) is 0 Å². The number of unbranched alkanes of at least 4 members (excludes halogenated alkanes) is 5. The first-order valence-corrected chi connectivity index (χ1v) is 19.4. The maximum Gasteiger partial charge on any atom is 0.0776 e. The highest BCUT2D eigenvalue weighted by Crippen LogP contribution is 2.56. The summed E-state index contributed by atoms with van der Waals surface area (Å²) in [6.07, 6.45) is 11.1. The van der Waals surface area contributed by atoms with Crippen LogP contribution in [-0.2, 0) is 11.8 Å². The van der Waals surface area contributed by atoms with Gasteiger partial charge in [0.25, 0.3) is 0 Å². The predicted molar refractivity (Wildman–Crippen MR) is 182 cm³/mol. The van der Waals surface area contributed by atoms with E-state index in [-0.39, 0.29) is 5.41 Å². The number of benzene rings is 4. The van der Waals surface area contributed by atoms with E-state index in [1.807, 2.05) is 6.08 Å². The Kier molecular flexibility index (Phi) is 8.68. The summed E-state index contributed by atoms with van der Waals surface area (Å²) in [5.74, 6) is 0. The van der Waals surface area contributed by atoms with E-state index in [9.17, 15) is 0 Å². The molecule has 0 bridgehead atoms. The topological polar surface area (TPSA) is 0 Å². The molecule has 1 unspecified atom stereocenters. The van der Waals surface area contributed by atoms with Gasteiger partial charge in [-0.1, -0.05) is 165 Å². The third-order valence-electron chi connectivity index (χ3n) is 8.75. The summed E-state index contributed by atoms with van der Waals surface area (Å²) in [5, 5.41) is 1.50. The average molecular weight is 608 g/mol. The van der Waals surface area contributed by atoms with Gasteiger partial charge in [0.1, 0.15) is 0 Å². The van der Waals surface area contributed by atoms with Crippen molar-refractivity contribution in [1.82, 2.24) is 0 Å². The Bertz CT molecular complexity index is 1470. The lowest BCUT2D eigenvalue weighted by Crippen LogP contribution is -2.39. The molecule has 1 atom stereocenters. The van der Waals surface area contributed by atoms with Crippen LogP contribution in [0.25, 0.3) is 17.2 Å². The number of aryl methyl sites for hydroxylation is 1. The van der Waals surface area contributed by atoms with Crippen molar-refractivity contribution in [3.63, 3.8) is 0 Å². The van der Waals surface area contributed by atoms with Gasteiger partial charge in [-0.3, -0.25) is 0 Å². The zero-order chi connectivity index (χ0) is 28.3. The quantitative estimate of drug-likeness (QED) is 0.104. The predicted octanol–water partition coefficient (Wildman–Crippen LogP) is 10.9. The third kappa shape index (κ3) is 5.46. The highest BCUT2D eigenvalue weighted by Gasteiger charge is 2.46. The minimum Gasteiger partial charge on any atom is -0.0985 e. The van der Waals surface area contributed by atoms with Gasteiger partial charge in [-0.25, -0.2) is 0 Å². The fourth-order valence-electron chi connectivity index (χ4n) is 6.45. The van der Waals surface area contributed by atoms with Crippen LogP contribution < -0.4 is 5.19 Å². The molecule has 0 saturated carbocycles. The molecule has 0 fully saturated rings. The van der Waals surface area contributed by atoms with Crippen molar-refractivity contribution in [1.29, 1.82) is 0 Å². The zero-order valence-electron chi connectivity index (χ0n) is 24.7. The highest BCUT2D eigenvalue weighted by molar-refractivity contribution is 9.10. The summed E-state index contributed by atoms with van der Waals surface area (Å²) in [6.45, 7) is 13.6. The van der Waals surface area contributed by atoms with Crippen molar-refractivity contribution < 1.29 is 0 Å². The summed E-state index contributed by atoms with van der Waals surface area (Å²) < 4.78 is 1.12. The second-order valence-corrected chi connectivity index (χ2v) is 18.5. The van der Waals surface area contributed by atoms with Crippen LogP contribution in [0.15, 0.2) is 96.0 Å². The summed E-state index contributed by atoms with van der Waals surface area (Å²) in [7, 11) is -1.53. The first kappa shape index (κ1) is 28.8. The molecule has 0 aliphatic heterocycles. The number of fused-ring (bicyclic) bond motifs is 3. The van der Waals surface area contributed by atoms with Crippen LogP contribution in [0.2, 0.25) is 19.6 Å². The highest BCUT2D eigenvalue weighted by atomic mass is 79.9. The van der Waals surface area contributed by atoms with Gasteiger partial charge in [-0.05, 0) is 69.5 Å². The van der Waals surface area contributed by atoms with Crippen molar-refractivity contribution in [2.75, 3.05) is 0 Å². The van der Waals surface area contributed by atoms with Crippen LogP contribution in [0.4, 0.5) is 0 Å². The second-order valence-electron chi connectivity index (χ2n) is 12.5. The molecule has 2 heteroatoms. The Morgan fingerprint density at radius 3 is 1.90 bits per heavy atom.